The molecule has 2 nitrogen and oxygen atoms in total. The van der Waals surface area contributed by atoms with Crippen molar-refractivity contribution in [2.75, 3.05) is 7.11 Å². The molecule has 1 rings (SSSR count). The average molecular weight is 199 g/mol. The van der Waals surface area contributed by atoms with E-state index >= 15 is 0 Å². The largest absolute Gasteiger partial charge is 0.465 e. The fourth-order valence-corrected chi connectivity index (χ4v) is 1.66. The molecule has 0 unspecified atom stereocenters. The molecule has 0 aliphatic carbocycles. The molecular weight excluding hydrogens is 188 g/mol. The third-order valence-electron chi connectivity index (χ3n) is 1.89. The summed E-state index contributed by atoms with van der Waals surface area (Å²) in [7, 11) is 1.37. The number of rotatable bonds is 1. The molecule has 1 aromatic carbocycles. The molecule has 0 bridgehead atoms. The van der Waals surface area contributed by atoms with Gasteiger partial charge in [-0.2, -0.15) is 0 Å². The molecule has 70 valence electrons. The summed E-state index contributed by atoms with van der Waals surface area (Å²) in [5, 5.41) is 0.641. The number of hydrogen-bond donors (Lipinski definition) is 0. The van der Waals surface area contributed by atoms with Crippen LogP contribution in [0.3, 0.4) is 0 Å². The van der Waals surface area contributed by atoms with Crippen LogP contribution in [0.5, 0.6) is 0 Å². The second kappa shape index (κ2) is 3.79. The van der Waals surface area contributed by atoms with Crippen molar-refractivity contribution in [3.05, 3.63) is 33.8 Å². The van der Waals surface area contributed by atoms with Crippen molar-refractivity contribution in [1.82, 2.24) is 0 Å². The smallest absolute Gasteiger partial charge is 0.338 e. The molecule has 0 N–H and O–H groups in total. The minimum absolute atomic E-state index is 0.313. The van der Waals surface area contributed by atoms with Gasteiger partial charge in [0.1, 0.15) is 0 Å². The van der Waals surface area contributed by atoms with Crippen LogP contribution in [0.4, 0.5) is 0 Å². The molecule has 0 saturated carbocycles. The molecule has 1 aromatic rings. The zero-order valence-corrected chi connectivity index (χ0v) is 8.61. The van der Waals surface area contributed by atoms with Gasteiger partial charge in [-0.25, -0.2) is 4.79 Å². The van der Waals surface area contributed by atoms with Crippen molar-refractivity contribution in [3.8, 4) is 0 Å². The maximum absolute atomic E-state index is 11.3. The Labute approximate surface area is 82.5 Å². The van der Waals surface area contributed by atoms with Crippen LogP contribution >= 0.6 is 11.6 Å². The fraction of sp³-hybridized carbons (Fsp3) is 0.300. The minimum atomic E-state index is -0.313. The van der Waals surface area contributed by atoms with Crippen molar-refractivity contribution in [1.29, 1.82) is 0 Å². The van der Waals surface area contributed by atoms with Crippen molar-refractivity contribution < 1.29 is 9.53 Å². The lowest BCUT2D eigenvalue weighted by molar-refractivity contribution is 0.0599. The number of esters is 1. The number of methoxy groups -OCH3 is 1. The Balaban J connectivity index is 3.28. The highest BCUT2D eigenvalue weighted by Gasteiger charge is 2.12. The lowest BCUT2D eigenvalue weighted by Crippen LogP contribution is -2.06. The summed E-state index contributed by atoms with van der Waals surface area (Å²) >= 11 is 5.82. The maximum Gasteiger partial charge on any atom is 0.338 e. The Morgan fingerprint density at radius 2 is 1.77 bits per heavy atom. The third kappa shape index (κ3) is 2.01. The first-order valence-electron chi connectivity index (χ1n) is 3.91. The Bertz CT molecular complexity index is 322. The second-order valence-electron chi connectivity index (χ2n) is 2.91. The normalized spacial score (nSPS) is 9.85. The van der Waals surface area contributed by atoms with E-state index in [1.165, 1.54) is 7.11 Å². The molecule has 0 amide bonds. The van der Waals surface area contributed by atoms with Gasteiger partial charge in [0.05, 0.1) is 12.7 Å². The van der Waals surface area contributed by atoms with Gasteiger partial charge in [-0.1, -0.05) is 11.6 Å². The molecule has 0 spiro atoms. The standard InChI is InChI=1S/C10H11ClO2/c1-6-4-8(11)5-7(2)9(6)10(12)13-3/h4-5H,1-3H3. The summed E-state index contributed by atoms with van der Waals surface area (Å²) in [6.45, 7) is 3.68. The quantitative estimate of drug-likeness (QED) is 0.649. The van der Waals surface area contributed by atoms with Gasteiger partial charge in [-0.3, -0.25) is 0 Å². The van der Waals surface area contributed by atoms with E-state index in [9.17, 15) is 4.79 Å². The number of ether oxygens (including phenoxy) is 1. The molecular formula is C10H11ClO2. The van der Waals surface area contributed by atoms with Crippen molar-refractivity contribution >= 4 is 17.6 Å². The van der Waals surface area contributed by atoms with Gasteiger partial charge in [0.2, 0.25) is 0 Å². The molecule has 0 radical (unpaired) electrons. The summed E-state index contributed by atoms with van der Waals surface area (Å²) < 4.78 is 4.66. The maximum atomic E-state index is 11.3. The van der Waals surface area contributed by atoms with Gasteiger partial charge < -0.3 is 4.74 Å². The van der Waals surface area contributed by atoms with Crippen LogP contribution in [-0.4, -0.2) is 13.1 Å². The summed E-state index contributed by atoms with van der Waals surface area (Å²) in [6, 6.07) is 3.50. The summed E-state index contributed by atoms with van der Waals surface area (Å²) in [4.78, 5) is 11.3. The lowest BCUT2D eigenvalue weighted by atomic mass is 10.0. The minimum Gasteiger partial charge on any atom is -0.465 e. The molecule has 0 aliphatic heterocycles. The van der Waals surface area contributed by atoms with Crippen molar-refractivity contribution in [2.45, 2.75) is 13.8 Å². The third-order valence-corrected chi connectivity index (χ3v) is 2.11. The fourth-order valence-electron chi connectivity index (χ4n) is 1.33. The topological polar surface area (TPSA) is 26.3 Å². The van der Waals surface area contributed by atoms with Gasteiger partial charge in [-0.15, -0.1) is 0 Å². The number of carbonyl (C=O) groups excluding carboxylic acids is 1. The number of carbonyl (C=O) groups is 1. The molecule has 0 saturated heterocycles. The van der Waals surface area contributed by atoms with Crippen LogP contribution in [0, 0.1) is 13.8 Å². The predicted octanol–water partition coefficient (Wildman–Crippen LogP) is 2.74. The van der Waals surface area contributed by atoms with Crippen LogP contribution in [-0.2, 0) is 4.74 Å². The molecule has 0 aromatic heterocycles. The average Bonchev–Trinajstić information content (AvgIpc) is 2.02. The zero-order chi connectivity index (χ0) is 10.0. The molecule has 0 heterocycles. The highest BCUT2D eigenvalue weighted by molar-refractivity contribution is 6.30. The van der Waals surface area contributed by atoms with E-state index in [-0.39, 0.29) is 5.97 Å². The van der Waals surface area contributed by atoms with E-state index in [1.54, 1.807) is 12.1 Å². The van der Waals surface area contributed by atoms with E-state index in [0.717, 1.165) is 11.1 Å². The van der Waals surface area contributed by atoms with Crippen LogP contribution in [0.2, 0.25) is 5.02 Å². The molecule has 0 aliphatic rings. The number of halogens is 1. The Kier molecular flexibility index (Phi) is 2.94. The van der Waals surface area contributed by atoms with Gasteiger partial charge in [0.25, 0.3) is 0 Å². The van der Waals surface area contributed by atoms with Crippen LogP contribution in [0.1, 0.15) is 21.5 Å². The van der Waals surface area contributed by atoms with Gasteiger partial charge in [-0.05, 0) is 37.1 Å². The molecule has 3 heteroatoms. The summed E-state index contributed by atoms with van der Waals surface area (Å²) in [5.74, 6) is -0.313. The van der Waals surface area contributed by atoms with Crippen molar-refractivity contribution in [3.63, 3.8) is 0 Å². The summed E-state index contributed by atoms with van der Waals surface area (Å²) in [5.41, 5.74) is 2.29. The lowest BCUT2D eigenvalue weighted by Gasteiger charge is -2.07. The molecule has 13 heavy (non-hydrogen) atoms. The SMILES string of the molecule is COC(=O)c1c(C)cc(Cl)cc1C. The van der Waals surface area contributed by atoms with Crippen molar-refractivity contribution in [2.24, 2.45) is 0 Å². The van der Waals surface area contributed by atoms with E-state index in [4.69, 9.17) is 11.6 Å². The zero-order valence-electron chi connectivity index (χ0n) is 7.85. The second-order valence-corrected chi connectivity index (χ2v) is 3.34. The first kappa shape index (κ1) is 10.1. The highest BCUT2D eigenvalue weighted by atomic mass is 35.5. The number of hydrogen-bond acceptors (Lipinski definition) is 2. The van der Waals surface area contributed by atoms with E-state index in [1.807, 2.05) is 13.8 Å². The van der Waals surface area contributed by atoms with E-state index < -0.39 is 0 Å². The first-order chi connectivity index (χ1) is 6.06. The Morgan fingerprint density at radius 3 is 2.15 bits per heavy atom. The first-order valence-corrected chi connectivity index (χ1v) is 4.29. The molecule has 0 atom stereocenters. The van der Waals surface area contributed by atoms with E-state index in [2.05, 4.69) is 4.74 Å². The number of aryl methyl sites for hydroxylation is 2. The molecule has 0 fully saturated rings. The summed E-state index contributed by atoms with van der Waals surface area (Å²) in [6.07, 6.45) is 0. The highest BCUT2D eigenvalue weighted by Crippen LogP contribution is 2.20. The monoisotopic (exact) mass is 198 g/mol. The predicted molar refractivity (Wildman–Crippen MR) is 52.3 cm³/mol. The van der Waals surface area contributed by atoms with Gasteiger partial charge in [0, 0.05) is 5.02 Å². The van der Waals surface area contributed by atoms with E-state index in [0.29, 0.717) is 10.6 Å². The Hall–Kier alpha value is -1.02. The van der Waals surface area contributed by atoms with Gasteiger partial charge in [0.15, 0.2) is 0 Å². The van der Waals surface area contributed by atoms with Crippen LogP contribution in [0.15, 0.2) is 12.1 Å². The Morgan fingerprint density at radius 1 is 1.31 bits per heavy atom. The van der Waals surface area contributed by atoms with Crippen LogP contribution < -0.4 is 0 Å². The van der Waals surface area contributed by atoms with Gasteiger partial charge >= 0.3 is 5.97 Å². The number of benzene rings is 1. The van der Waals surface area contributed by atoms with Crippen LogP contribution in [0.25, 0.3) is 0 Å².